The molecule has 139 valence electrons. The van der Waals surface area contributed by atoms with E-state index >= 15 is 0 Å². The van der Waals surface area contributed by atoms with E-state index in [4.69, 9.17) is 5.11 Å². The molecule has 0 saturated carbocycles. The van der Waals surface area contributed by atoms with Gasteiger partial charge in [-0.3, -0.25) is 9.78 Å². The third kappa shape index (κ3) is 8.49. The van der Waals surface area contributed by atoms with Crippen LogP contribution in [0.4, 0.5) is 0 Å². The number of carbonyl (C=O) groups is 1. The van der Waals surface area contributed by atoms with Crippen LogP contribution in [0.3, 0.4) is 0 Å². The van der Waals surface area contributed by atoms with E-state index in [1.807, 2.05) is 12.1 Å². The smallest absolute Gasteiger partial charge is 0.303 e. The number of sulfonamides is 1. The fourth-order valence-electron chi connectivity index (χ4n) is 2.19. The van der Waals surface area contributed by atoms with E-state index in [1.165, 1.54) is 4.31 Å². The Bertz CT molecular complexity index is 798. The number of hydrogen-bond donors (Lipinski definition) is 1. The number of aryl methyl sites for hydroxylation is 1. The van der Waals surface area contributed by atoms with Gasteiger partial charge in [-0.1, -0.05) is 6.07 Å². The Labute approximate surface area is 180 Å². The van der Waals surface area contributed by atoms with Gasteiger partial charge in [0.15, 0.2) is 0 Å². The number of aromatic nitrogens is 1. The molecule has 1 radical (unpaired) electrons. The van der Waals surface area contributed by atoms with Crippen molar-refractivity contribution in [3.63, 3.8) is 0 Å². The van der Waals surface area contributed by atoms with Crippen LogP contribution in [0.2, 0.25) is 0 Å². The van der Waals surface area contributed by atoms with Crippen molar-refractivity contribution in [1.82, 2.24) is 9.29 Å². The van der Waals surface area contributed by atoms with Crippen LogP contribution in [0, 0.1) is 13.5 Å². The molecule has 0 saturated heterocycles. The molecule has 0 aliphatic rings. The first-order valence-corrected chi connectivity index (χ1v) is 9.26. The summed E-state index contributed by atoms with van der Waals surface area (Å²) in [5, 5.41) is 8.74. The third-order valence-electron chi connectivity index (χ3n) is 3.41. The minimum absolute atomic E-state index is 0. The van der Waals surface area contributed by atoms with E-state index in [2.05, 4.69) is 11.1 Å². The van der Waals surface area contributed by atoms with Crippen molar-refractivity contribution in [2.24, 2.45) is 0 Å². The van der Waals surface area contributed by atoms with Crippen LogP contribution in [0.1, 0.15) is 23.4 Å². The van der Waals surface area contributed by atoms with Crippen LogP contribution in [-0.4, -0.2) is 35.0 Å². The van der Waals surface area contributed by atoms with Gasteiger partial charge in [-0.15, -0.1) is 5.56 Å². The molecule has 0 aliphatic carbocycles. The Balaban J connectivity index is 0.00000312. The Morgan fingerprint density at radius 3 is 2.35 bits per heavy atom. The van der Waals surface area contributed by atoms with E-state index in [0.717, 1.165) is 11.8 Å². The van der Waals surface area contributed by atoms with Crippen molar-refractivity contribution < 1.29 is 51.0 Å². The number of nitrogens with zero attached hydrogens (tertiary/aromatic N) is 2. The third-order valence-corrected chi connectivity index (χ3v) is 4.61. The summed E-state index contributed by atoms with van der Waals surface area (Å²) in [5.74, 6) is -0.888. The van der Waals surface area contributed by atoms with Crippen molar-refractivity contribution in [3.05, 3.63) is 72.9 Å². The monoisotopic (exact) mass is 451 g/mol. The van der Waals surface area contributed by atoms with Gasteiger partial charge < -0.3 is 12.5 Å². The summed E-state index contributed by atoms with van der Waals surface area (Å²) in [4.78, 5) is 15.0. The topological polar surface area (TPSA) is 87.6 Å². The fourth-order valence-corrected chi connectivity index (χ4v) is 2.94. The van der Waals surface area contributed by atoms with Crippen molar-refractivity contribution in [2.45, 2.75) is 25.9 Å². The van der Waals surface area contributed by atoms with Gasteiger partial charge in [-0.25, -0.2) is 8.42 Å². The summed E-state index contributed by atoms with van der Waals surface area (Å²) >= 11 is 0. The van der Waals surface area contributed by atoms with Crippen LogP contribution < -0.4 is 0 Å². The predicted molar refractivity (Wildman–Crippen MR) is 96.0 cm³/mol. The molecule has 0 aliphatic heterocycles. The molecule has 6 nitrogen and oxygen atoms in total. The zero-order valence-electron chi connectivity index (χ0n) is 14.9. The molecule has 0 amide bonds. The molecule has 2 aromatic rings. The first-order valence-electron chi connectivity index (χ1n) is 7.41. The van der Waals surface area contributed by atoms with Gasteiger partial charge in [0.05, 0.1) is 24.9 Å². The quantitative estimate of drug-likeness (QED) is 0.623. The van der Waals surface area contributed by atoms with Crippen molar-refractivity contribution in [3.8, 4) is 0 Å². The van der Waals surface area contributed by atoms with Crippen molar-refractivity contribution in [2.75, 3.05) is 6.26 Å². The van der Waals surface area contributed by atoms with E-state index in [1.54, 1.807) is 30.3 Å². The second-order valence-electron chi connectivity index (χ2n) is 5.45. The van der Waals surface area contributed by atoms with Crippen LogP contribution in [0.5, 0.6) is 0 Å². The Kier molecular flexibility index (Phi) is 11.0. The molecule has 0 atom stereocenters. The molecule has 1 N–H and O–H groups in total. The van der Waals surface area contributed by atoms with Crippen LogP contribution in [0.25, 0.3) is 0 Å². The second kappa shape index (κ2) is 11.5. The standard InChI is InChI=1S/C17H19N2O4S.CH3.Y/c1-24(22,23)19(12-14-6-3-2-4-7-14)13-16-9-5-8-15(18-16)10-11-17(20)21;;/h3-9H,10-13H2,1H3,(H,20,21);1H3;/q2*-1;. The SMILES string of the molecule is CS(=O)(=O)N(Cc1cc[c-]cc1)Cc1cccc(CCC(=O)O)n1.[CH3-].[Y]. The Hall–Kier alpha value is -1.15. The molecule has 8 heteroatoms. The summed E-state index contributed by atoms with van der Waals surface area (Å²) in [5.41, 5.74) is 2.09. The number of aliphatic carboxylic acids is 1. The summed E-state index contributed by atoms with van der Waals surface area (Å²) in [6, 6.07) is 15.2. The molecule has 1 aromatic carbocycles. The maximum absolute atomic E-state index is 12.1. The zero-order valence-corrected chi connectivity index (χ0v) is 18.6. The molecule has 1 heterocycles. The Morgan fingerprint density at radius 2 is 1.77 bits per heavy atom. The first-order chi connectivity index (χ1) is 11.3. The summed E-state index contributed by atoms with van der Waals surface area (Å²) in [6.07, 6.45) is 1.47. The van der Waals surface area contributed by atoms with Gasteiger partial charge >= 0.3 is 5.97 Å². The van der Waals surface area contributed by atoms with E-state index in [-0.39, 0.29) is 59.6 Å². The van der Waals surface area contributed by atoms with Crippen molar-refractivity contribution in [1.29, 1.82) is 0 Å². The van der Waals surface area contributed by atoms with Gasteiger partial charge in [-0.2, -0.15) is 34.6 Å². The molecule has 0 spiro atoms. The summed E-state index contributed by atoms with van der Waals surface area (Å²) in [6.45, 7) is 0.382. The predicted octanol–water partition coefficient (Wildman–Crippen LogP) is 2.31. The molecule has 0 fully saturated rings. The average Bonchev–Trinajstić information content (AvgIpc) is 2.53. The molecule has 0 bridgehead atoms. The fraction of sp³-hybridized carbons (Fsp3) is 0.278. The van der Waals surface area contributed by atoms with E-state index in [9.17, 15) is 13.2 Å². The summed E-state index contributed by atoms with van der Waals surface area (Å²) < 4.78 is 25.4. The maximum Gasteiger partial charge on any atom is 0.303 e. The second-order valence-corrected chi connectivity index (χ2v) is 7.44. The number of rotatable bonds is 8. The minimum atomic E-state index is -3.41. The molecular formula is C18H22N2O4SY-2. The van der Waals surface area contributed by atoms with E-state index < -0.39 is 16.0 Å². The number of carboxylic acids is 1. The number of pyridine rings is 1. The van der Waals surface area contributed by atoms with Gasteiger partial charge in [0.25, 0.3) is 0 Å². The maximum atomic E-state index is 12.1. The minimum Gasteiger partial charge on any atom is -0.481 e. The normalized spacial score (nSPS) is 10.7. The molecule has 26 heavy (non-hydrogen) atoms. The Morgan fingerprint density at radius 1 is 1.15 bits per heavy atom. The van der Waals surface area contributed by atoms with Gasteiger partial charge in [0.1, 0.15) is 0 Å². The molecule has 1 aromatic heterocycles. The number of carboxylic acid groups (broad SMARTS) is 1. The number of benzene rings is 1. The molecule has 0 unspecified atom stereocenters. The van der Waals surface area contributed by atoms with Crippen LogP contribution in [0.15, 0.2) is 42.5 Å². The van der Waals surface area contributed by atoms with Gasteiger partial charge in [0.2, 0.25) is 10.0 Å². The van der Waals surface area contributed by atoms with Crippen LogP contribution in [-0.2, 0) is 67.0 Å². The first kappa shape index (κ1) is 24.9. The van der Waals surface area contributed by atoms with E-state index in [0.29, 0.717) is 17.8 Å². The van der Waals surface area contributed by atoms with Crippen molar-refractivity contribution >= 4 is 16.0 Å². The molecular weight excluding hydrogens is 429 g/mol. The molecule has 2 rings (SSSR count). The zero-order chi connectivity index (χ0) is 17.6. The number of hydrogen-bond acceptors (Lipinski definition) is 4. The van der Waals surface area contributed by atoms with Gasteiger partial charge in [-0.05, 0) is 12.1 Å². The largest absolute Gasteiger partial charge is 0.481 e. The van der Waals surface area contributed by atoms with Gasteiger partial charge in [0, 0.05) is 51.4 Å². The summed E-state index contributed by atoms with van der Waals surface area (Å²) in [7, 11) is -3.41. The van der Waals surface area contributed by atoms with Crippen LogP contribution >= 0.6 is 0 Å². The average molecular weight is 451 g/mol.